The highest BCUT2D eigenvalue weighted by molar-refractivity contribution is 7.92. The van der Waals surface area contributed by atoms with Crippen LogP contribution in [-0.2, 0) is 19.3 Å². The van der Waals surface area contributed by atoms with Crippen molar-refractivity contribution in [2.24, 2.45) is 0 Å². The largest absolute Gasteiger partial charge is 0.514 e. The van der Waals surface area contributed by atoms with Crippen molar-refractivity contribution in [1.29, 1.82) is 0 Å². The first kappa shape index (κ1) is 20.6. The maximum absolute atomic E-state index is 13.1. The fourth-order valence-electron chi connectivity index (χ4n) is 2.59. The number of nitrogens with one attached hydrogen (secondary N) is 1. The number of hydrogen-bond donors (Lipinski definition) is 1. The second-order valence-electron chi connectivity index (χ2n) is 7.43. The summed E-state index contributed by atoms with van der Waals surface area (Å²) < 4.78 is 57.9. The van der Waals surface area contributed by atoms with E-state index >= 15 is 0 Å². The standard InChI is InChI=1S/C18H22BFN2O5S/c1-17(2)18(3,4)27-19(26-17)15-11-10-14(25-5)16(21-15)22-28(23,24)13-8-6-12(20)7-9-13/h6-11H,1-5H3,(H,21,22). The Balaban J connectivity index is 1.93. The van der Waals surface area contributed by atoms with E-state index in [0.717, 1.165) is 12.1 Å². The van der Waals surface area contributed by atoms with Crippen LogP contribution >= 0.6 is 0 Å². The molecule has 1 saturated heterocycles. The molecule has 3 rings (SSSR count). The van der Waals surface area contributed by atoms with Gasteiger partial charge in [0.05, 0.1) is 28.8 Å². The summed E-state index contributed by atoms with van der Waals surface area (Å²) >= 11 is 0. The molecule has 1 aromatic carbocycles. The molecule has 1 aliphatic rings. The Kier molecular flexibility index (Phi) is 5.16. The number of sulfonamides is 1. The summed E-state index contributed by atoms with van der Waals surface area (Å²) in [5.41, 5.74) is -0.726. The Bertz CT molecular complexity index is 964. The average Bonchev–Trinajstić information content (AvgIpc) is 2.82. The Morgan fingerprint density at radius 1 is 1.04 bits per heavy atom. The normalized spacial score (nSPS) is 18.1. The van der Waals surface area contributed by atoms with Gasteiger partial charge in [-0.05, 0) is 64.1 Å². The van der Waals surface area contributed by atoms with Crippen LogP contribution < -0.4 is 15.1 Å². The molecule has 0 aliphatic carbocycles. The van der Waals surface area contributed by atoms with Crippen LogP contribution in [0.15, 0.2) is 41.3 Å². The Hall–Kier alpha value is -2.17. The zero-order valence-electron chi connectivity index (χ0n) is 16.3. The number of ether oxygens (including phenoxy) is 1. The molecule has 1 fully saturated rings. The maximum atomic E-state index is 13.1. The van der Waals surface area contributed by atoms with E-state index in [2.05, 4.69) is 9.71 Å². The third-order valence-electron chi connectivity index (χ3n) is 4.95. The number of nitrogens with zero attached hydrogens (tertiary/aromatic N) is 1. The van der Waals surface area contributed by atoms with E-state index in [0.29, 0.717) is 5.59 Å². The van der Waals surface area contributed by atoms with Gasteiger partial charge in [0.15, 0.2) is 11.6 Å². The van der Waals surface area contributed by atoms with Crippen molar-refractivity contribution in [2.45, 2.75) is 43.8 Å². The number of anilines is 1. The van der Waals surface area contributed by atoms with Crippen LogP contribution in [0.1, 0.15) is 27.7 Å². The van der Waals surface area contributed by atoms with Crippen molar-refractivity contribution in [3.8, 4) is 5.75 Å². The summed E-state index contributed by atoms with van der Waals surface area (Å²) in [5.74, 6) is -0.317. The molecule has 1 aliphatic heterocycles. The number of methoxy groups -OCH3 is 1. The van der Waals surface area contributed by atoms with Crippen molar-refractivity contribution in [3.05, 3.63) is 42.2 Å². The van der Waals surface area contributed by atoms with E-state index in [1.165, 1.54) is 19.2 Å². The molecule has 0 amide bonds. The first-order valence-electron chi connectivity index (χ1n) is 8.64. The number of halogens is 1. The fraction of sp³-hybridized carbons (Fsp3) is 0.389. The van der Waals surface area contributed by atoms with Crippen LogP contribution in [-0.4, -0.2) is 38.8 Å². The number of aromatic nitrogens is 1. The van der Waals surface area contributed by atoms with Gasteiger partial charge in [0.25, 0.3) is 10.0 Å². The molecule has 2 heterocycles. The van der Waals surface area contributed by atoms with Gasteiger partial charge in [-0.3, -0.25) is 4.72 Å². The zero-order chi connectivity index (χ0) is 20.7. The molecule has 0 atom stereocenters. The van der Waals surface area contributed by atoms with Crippen molar-refractivity contribution < 1.29 is 26.9 Å². The van der Waals surface area contributed by atoms with E-state index < -0.39 is 34.2 Å². The summed E-state index contributed by atoms with van der Waals surface area (Å²) in [6, 6.07) is 7.71. The lowest BCUT2D eigenvalue weighted by Crippen LogP contribution is -2.41. The molecule has 0 unspecified atom stereocenters. The molecule has 0 spiro atoms. The van der Waals surface area contributed by atoms with Crippen LogP contribution in [0.5, 0.6) is 5.75 Å². The summed E-state index contributed by atoms with van der Waals surface area (Å²) in [6.07, 6.45) is 0. The first-order valence-corrected chi connectivity index (χ1v) is 10.1. The number of benzene rings is 1. The van der Waals surface area contributed by atoms with Crippen LogP contribution in [0, 0.1) is 5.82 Å². The van der Waals surface area contributed by atoms with Crippen molar-refractivity contribution in [1.82, 2.24) is 4.98 Å². The molecule has 28 heavy (non-hydrogen) atoms. The molecule has 10 heteroatoms. The van der Waals surface area contributed by atoms with Crippen molar-refractivity contribution in [3.63, 3.8) is 0 Å². The number of hydrogen-bond acceptors (Lipinski definition) is 6. The topological polar surface area (TPSA) is 86.8 Å². The Morgan fingerprint density at radius 3 is 2.14 bits per heavy atom. The second-order valence-corrected chi connectivity index (χ2v) is 9.12. The van der Waals surface area contributed by atoms with Gasteiger partial charge in [-0.1, -0.05) is 0 Å². The minimum Gasteiger partial charge on any atom is -0.493 e. The van der Waals surface area contributed by atoms with E-state index in [-0.39, 0.29) is 16.5 Å². The van der Waals surface area contributed by atoms with Crippen molar-refractivity contribution in [2.75, 3.05) is 11.8 Å². The zero-order valence-corrected chi connectivity index (χ0v) is 17.1. The predicted molar refractivity (Wildman–Crippen MR) is 104 cm³/mol. The molecule has 0 bridgehead atoms. The van der Waals surface area contributed by atoms with E-state index in [1.807, 2.05) is 27.7 Å². The highest BCUT2D eigenvalue weighted by Gasteiger charge is 2.52. The SMILES string of the molecule is COc1ccc(B2OC(C)(C)C(C)(C)O2)nc1NS(=O)(=O)c1ccc(F)cc1. The molecular formula is C18H22BFN2O5S. The summed E-state index contributed by atoms with van der Waals surface area (Å²) in [6.45, 7) is 7.65. The third kappa shape index (κ3) is 3.85. The maximum Gasteiger partial charge on any atom is 0.514 e. The van der Waals surface area contributed by atoms with E-state index in [9.17, 15) is 12.8 Å². The quantitative estimate of drug-likeness (QED) is 0.765. The van der Waals surface area contributed by atoms with Gasteiger partial charge in [-0.25, -0.2) is 17.8 Å². The minimum atomic E-state index is -3.99. The Morgan fingerprint density at radius 2 is 1.61 bits per heavy atom. The fourth-order valence-corrected chi connectivity index (χ4v) is 3.61. The summed E-state index contributed by atoms with van der Waals surface area (Å²) in [5, 5.41) is 0. The monoisotopic (exact) mass is 408 g/mol. The van der Waals surface area contributed by atoms with Crippen LogP contribution in [0.2, 0.25) is 0 Å². The predicted octanol–water partition coefficient (Wildman–Crippen LogP) is 2.33. The molecule has 1 N–H and O–H groups in total. The minimum absolute atomic E-state index is 0.0148. The highest BCUT2D eigenvalue weighted by atomic mass is 32.2. The van der Waals surface area contributed by atoms with Crippen LogP contribution in [0.3, 0.4) is 0 Å². The summed E-state index contributed by atoms with van der Waals surface area (Å²) in [7, 11) is -3.34. The lowest BCUT2D eigenvalue weighted by Gasteiger charge is -2.32. The van der Waals surface area contributed by atoms with Gasteiger partial charge in [0.1, 0.15) is 5.82 Å². The molecule has 0 radical (unpaired) electrons. The molecule has 1 aromatic heterocycles. The molecule has 150 valence electrons. The number of rotatable bonds is 5. The first-order chi connectivity index (χ1) is 12.9. The molecular weight excluding hydrogens is 386 g/mol. The van der Waals surface area contributed by atoms with Gasteiger partial charge in [-0.15, -0.1) is 0 Å². The highest BCUT2D eigenvalue weighted by Crippen LogP contribution is 2.36. The Labute approximate surface area is 164 Å². The molecule has 7 nitrogen and oxygen atoms in total. The molecule has 0 saturated carbocycles. The van der Waals surface area contributed by atoms with Gasteiger partial charge in [0.2, 0.25) is 0 Å². The van der Waals surface area contributed by atoms with Gasteiger partial charge in [-0.2, -0.15) is 0 Å². The lowest BCUT2D eigenvalue weighted by molar-refractivity contribution is 0.00578. The second kappa shape index (κ2) is 7.02. The van der Waals surface area contributed by atoms with Crippen LogP contribution in [0.4, 0.5) is 10.2 Å². The average molecular weight is 408 g/mol. The van der Waals surface area contributed by atoms with Gasteiger partial charge >= 0.3 is 7.12 Å². The number of pyridine rings is 1. The van der Waals surface area contributed by atoms with Crippen LogP contribution in [0.25, 0.3) is 0 Å². The van der Waals surface area contributed by atoms with E-state index in [1.54, 1.807) is 12.1 Å². The molecule has 2 aromatic rings. The van der Waals surface area contributed by atoms with Gasteiger partial charge in [0, 0.05) is 0 Å². The van der Waals surface area contributed by atoms with Gasteiger partial charge < -0.3 is 14.0 Å². The third-order valence-corrected chi connectivity index (χ3v) is 6.30. The lowest BCUT2D eigenvalue weighted by atomic mass is 9.84. The van der Waals surface area contributed by atoms with E-state index in [4.69, 9.17) is 14.0 Å². The summed E-state index contributed by atoms with van der Waals surface area (Å²) in [4.78, 5) is 4.25. The van der Waals surface area contributed by atoms with Crippen molar-refractivity contribution >= 4 is 28.6 Å². The smallest absolute Gasteiger partial charge is 0.493 e.